The molecule has 7 nitrogen and oxygen atoms in total. The first-order chi connectivity index (χ1) is 11.2. The van der Waals surface area contributed by atoms with Gasteiger partial charge < -0.3 is 14.2 Å². The molecule has 8 heteroatoms. The van der Waals surface area contributed by atoms with E-state index in [1.807, 2.05) is 12.1 Å². The molecule has 0 aromatic heterocycles. The maximum Gasteiger partial charge on any atom is 0.397 e. The fraction of sp³-hybridized carbons (Fsp3) is 0.625. The lowest BCUT2D eigenvalue weighted by atomic mass is 9.87. The highest BCUT2D eigenvalue weighted by molar-refractivity contribution is 7.80. The summed E-state index contributed by atoms with van der Waals surface area (Å²) in [5.74, 6) is 0.796. The van der Waals surface area contributed by atoms with Gasteiger partial charge in [-0.25, -0.2) is 4.18 Å². The van der Waals surface area contributed by atoms with Crippen LogP contribution >= 0.6 is 0 Å². The third-order valence-corrected chi connectivity index (χ3v) is 3.51. The SMILES string of the molecule is CC(C)(C)c1ccc(OCCOCCOCCOS(=O)(=O)O)cc1. The van der Waals surface area contributed by atoms with E-state index in [0.717, 1.165) is 5.75 Å². The lowest BCUT2D eigenvalue weighted by Gasteiger charge is -2.19. The summed E-state index contributed by atoms with van der Waals surface area (Å²) in [6.07, 6.45) is 0. The molecule has 0 aliphatic heterocycles. The van der Waals surface area contributed by atoms with Crippen LogP contribution in [0.2, 0.25) is 0 Å². The summed E-state index contributed by atoms with van der Waals surface area (Å²) in [4.78, 5) is 0. The molecule has 0 heterocycles. The van der Waals surface area contributed by atoms with Crippen molar-refractivity contribution in [3.05, 3.63) is 29.8 Å². The van der Waals surface area contributed by atoms with Crippen molar-refractivity contribution in [3.8, 4) is 5.75 Å². The molecule has 0 amide bonds. The highest BCUT2D eigenvalue weighted by atomic mass is 32.3. The normalized spacial score (nSPS) is 12.3. The number of hydrogen-bond donors (Lipinski definition) is 1. The maximum absolute atomic E-state index is 10.3. The summed E-state index contributed by atoms with van der Waals surface area (Å²) >= 11 is 0. The molecule has 0 saturated carbocycles. The van der Waals surface area contributed by atoms with E-state index in [9.17, 15) is 8.42 Å². The average molecular weight is 362 g/mol. The molecular weight excluding hydrogens is 336 g/mol. The van der Waals surface area contributed by atoms with Gasteiger partial charge in [0, 0.05) is 0 Å². The van der Waals surface area contributed by atoms with Gasteiger partial charge in [-0.2, -0.15) is 8.42 Å². The van der Waals surface area contributed by atoms with Crippen LogP contribution in [0.25, 0.3) is 0 Å². The molecule has 138 valence electrons. The Kier molecular flexibility index (Phi) is 8.65. The highest BCUT2D eigenvalue weighted by Gasteiger charge is 2.12. The van der Waals surface area contributed by atoms with Crippen LogP contribution in [0, 0.1) is 0 Å². The Morgan fingerprint density at radius 3 is 1.88 bits per heavy atom. The van der Waals surface area contributed by atoms with Crippen LogP contribution in [0.5, 0.6) is 5.75 Å². The minimum atomic E-state index is -4.39. The Balaban J connectivity index is 2.02. The lowest BCUT2D eigenvalue weighted by molar-refractivity contribution is 0.0269. The van der Waals surface area contributed by atoms with Crippen molar-refractivity contribution < 1.29 is 31.4 Å². The van der Waals surface area contributed by atoms with Crippen molar-refractivity contribution >= 4 is 10.4 Å². The first-order valence-electron chi connectivity index (χ1n) is 7.69. The standard InChI is InChI=1S/C16H26O7S/c1-16(2,3)14-4-6-15(7-5-14)22-12-10-20-8-9-21-11-13-23-24(17,18)19/h4-7H,8-13H2,1-3H3,(H,17,18,19). The van der Waals surface area contributed by atoms with Gasteiger partial charge in [-0.3, -0.25) is 4.55 Å². The van der Waals surface area contributed by atoms with Gasteiger partial charge in [-0.05, 0) is 23.1 Å². The van der Waals surface area contributed by atoms with Crippen LogP contribution in [-0.4, -0.2) is 52.6 Å². The number of rotatable bonds is 11. The smallest absolute Gasteiger partial charge is 0.397 e. The van der Waals surface area contributed by atoms with Crippen LogP contribution in [0.4, 0.5) is 0 Å². The molecule has 0 aliphatic rings. The highest BCUT2D eigenvalue weighted by Crippen LogP contribution is 2.24. The molecule has 0 radical (unpaired) electrons. The molecule has 1 aromatic carbocycles. The van der Waals surface area contributed by atoms with E-state index in [0.29, 0.717) is 26.4 Å². The first-order valence-corrected chi connectivity index (χ1v) is 9.06. The van der Waals surface area contributed by atoms with E-state index in [1.54, 1.807) is 0 Å². The van der Waals surface area contributed by atoms with Gasteiger partial charge in [0.05, 0.1) is 33.0 Å². The quantitative estimate of drug-likeness (QED) is 0.477. The molecule has 0 atom stereocenters. The van der Waals surface area contributed by atoms with Crippen LogP contribution in [-0.2, 0) is 29.5 Å². The van der Waals surface area contributed by atoms with E-state index < -0.39 is 10.4 Å². The molecule has 0 unspecified atom stereocenters. The van der Waals surface area contributed by atoms with Crippen LogP contribution < -0.4 is 4.74 Å². The second-order valence-electron chi connectivity index (χ2n) is 6.10. The molecule has 0 spiro atoms. The largest absolute Gasteiger partial charge is 0.491 e. The summed E-state index contributed by atoms with van der Waals surface area (Å²) in [5, 5.41) is 0. The predicted octanol–water partition coefficient (Wildman–Crippen LogP) is 2.22. The summed E-state index contributed by atoms with van der Waals surface area (Å²) in [7, 11) is -4.39. The van der Waals surface area contributed by atoms with Crippen molar-refractivity contribution in [2.75, 3.05) is 39.6 Å². The molecule has 0 fully saturated rings. The molecule has 1 aromatic rings. The second kappa shape index (κ2) is 9.95. The zero-order chi connectivity index (χ0) is 18.1. The van der Waals surface area contributed by atoms with Crippen LogP contribution in [0.15, 0.2) is 24.3 Å². The Morgan fingerprint density at radius 2 is 1.38 bits per heavy atom. The number of ether oxygens (including phenoxy) is 3. The van der Waals surface area contributed by atoms with Crippen molar-refractivity contribution in [2.45, 2.75) is 26.2 Å². The Morgan fingerprint density at radius 1 is 0.875 bits per heavy atom. The molecule has 24 heavy (non-hydrogen) atoms. The number of benzene rings is 1. The van der Waals surface area contributed by atoms with Crippen molar-refractivity contribution in [2.24, 2.45) is 0 Å². The van der Waals surface area contributed by atoms with Gasteiger partial charge in [0.2, 0.25) is 0 Å². The van der Waals surface area contributed by atoms with E-state index in [2.05, 4.69) is 37.1 Å². The molecule has 0 saturated heterocycles. The summed E-state index contributed by atoms with van der Waals surface area (Å²) in [6, 6.07) is 8.00. The second-order valence-corrected chi connectivity index (χ2v) is 7.19. The van der Waals surface area contributed by atoms with Crippen molar-refractivity contribution in [1.29, 1.82) is 0 Å². The zero-order valence-electron chi connectivity index (χ0n) is 14.4. The van der Waals surface area contributed by atoms with E-state index in [1.165, 1.54) is 5.56 Å². The lowest BCUT2D eigenvalue weighted by Crippen LogP contribution is -2.14. The molecule has 0 aliphatic carbocycles. The predicted molar refractivity (Wildman–Crippen MR) is 89.8 cm³/mol. The summed E-state index contributed by atoms with van der Waals surface area (Å²) in [6.45, 7) is 7.82. The average Bonchev–Trinajstić information content (AvgIpc) is 2.47. The van der Waals surface area contributed by atoms with Crippen molar-refractivity contribution in [1.82, 2.24) is 0 Å². The van der Waals surface area contributed by atoms with Gasteiger partial charge >= 0.3 is 10.4 Å². The van der Waals surface area contributed by atoms with E-state index in [-0.39, 0.29) is 18.6 Å². The van der Waals surface area contributed by atoms with Gasteiger partial charge in [0.1, 0.15) is 12.4 Å². The third kappa shape index (κ3) is 9.84. The number of hydrogen-bond acceptors (Lipinski definition) is 6. The Labute approximate surface area is 143 Å². The molecule has 0 bridgehead atoms. The Bertz CT molecular complexity index is 561. The molecular formula is C16H26O7S. The maximum atomic E-state index is 10.3. The Hall–Kier alpha value is -1.19. The van der Waals surface area contributed by atoms with E-state index in [4.69, 9.17) is 18.8 Å². The van der Waals surface area contributed by atoms with Crippen LogP contribution in [0.3, 0.4) is 0 Å². The third-order valence-electron chi connectivity index (χ3n) is 3.05. The molecule has 1 rings (SSSR count). The van der Waals surface area contributed by atoms with Gasteiger partial charge in [0.15, 0.2) is 0 Å². The first kappa shape index (κ1) is 20.9. The summed E-state index contributed by atoms with van der Waals surface area (Å²) < 4.78 is 48.9. The summed E-state index contributed by atoms with van der Waals surface area (Å²) in [5.41, 5.74) is 1.37. The minimum absolute atomic E-state index is 0.0553. The van der Waals surface area contributed by atoms with Crippen molar-refractivity contribution in [3.63, 3.8) is 0 Å². The van der Waals surface area contributed by atoms with Gasteiger partial charge in [-0.15, -0.1) is 0 Å². The zero-order valence-corrected chi connectivity index (χ0v) is 15.2. The fourth-order valence-electron chi connectivity index (χ4n) is 1.79. The fourth-order valence-corrected chi connectivity index (χ4v) is 2.07. The molecule has 1 N–H and O–H groups in total. The van der Waals surface area contributed by atoms with Gasteiger partial charge in [-0.1, -0.05) is 32.9 Å². The monoisotopic (exact) mass is 362 g/mol. The van der Waals surface area contributed by atoms with Crippen LogP contribution in [0.1, 0.15) is 26.3 Å². The minimum Gasteiger partial charge on any atom is -0.491 e. The topological polar surface area (TPSA) is 91.3 Å². The van der Waals surface area contributed by atoms with E-state index >= 15 is 0 Å². The van der Waals surface area contributed by atoms with Gasteiger partial charge in [0.25, 0.3) is 0 Å².